The van der Waals surface area contributed by atoms with Crippen molar-refractivity contribution in [3.8, 4) is 0 Å². The lowest BCUT2D eigenvalue weighted by Gasteiger charge is -2.20. The molecular weight excluding hydrogens is 299 g/mol. The average molecular weight is 319 g/mol. The number of nitrogens with two attached hydrogens (primary N) is 1. The summed E-state index contributed by atoms with van der Waals surface area (Å²) >= 11 is 4.87. The summed E-state index contributed by atoms with van der Waals surface area (Å²) in [6.45, 7) is 6.06. The number of alkyl halides is 3. The quantitative estimate of drug-likeness (QED) is 0.779. The van der Waals surface area contributed by atoms with Crippen LogP contribution in [-0.4, -0.2) is 16.0 Å². The van der Waals surface area contributed by atoms with Gasteiger partial charge in [0.2, 0.25) is 0 Å². The van der Waals surface area contributed by atoms with Crippen molar-refractivity contribution in [2.75, 3.05) is 5.32 Å². The monoisotopic (exact) mass is 319 g/mol. The summed E-state index contributed by atoms with van der Waals surface area (Å²) in [7, 11) is 0. The Morgan fingerprint density at radius 2 is 2.00 bits per heavy atom. The van der Waals surface area contributed by atoms with Crippen LogP contribution in [0.3, 0.4) is 0 Å². The molecule has 118 valence electrons. The Bertz CT molecular complexity index is 503. The van der Waals surface area contributed by atoms with Crippen LogP contribution in [0.1, 0.15) is 44.9 Å². The Balaban J connectivity index is 3.04. The fourth-order valence-electron chi connectivity index (χ4n) is 1.99. The molecule has 0 fully saturated rings. The van der Waals surface area contributed by atoms with Crippen LogP contribution in [0.4, 0.5) is 19.0 Å². The molecule has 0 aliphatic heterocycles. The third kappa shape index (κ3) is 5.15. The van der Waals surface area contributed by atoms with E-state index in [1.54, 1.807) is 0 Å². The first-order valence-corrected chi connectivity index (χ1v) is 7.20. The van der Waals surface area contributed by atoms with Crippen LogP contribution in [0, 0.1) is 5.92 Å². The molecule has 0 aromatic carbocycles. The van der Waals surface area contributed by atoms with E-state index in [1.165, 1.54) is 6.07 Å². The SMILES string of the molecule is CCC(C)CC(C)Nc1nc(C(F)(F)F)ccc1C(N)=S. The number of rotatable bonds is 6. The first-order valence-electron chi connectivity index (χ1n) is 6.79. The van der Waals surface area contributed by atoms with Crippen molar-refractivity contribution in [3.05, 3.63) is 23.4 Å². The number of hydrogen-bond acceptors (Lipinski definition) is 3. The topological polar surface area (TPSA) is 50.9 Å². The van der Waals surface area contributed by atoms with Crippen molar-refractivity contribution >= 4 is 23.0 Å². The minimum absolute atomic E-state index is 0.0227. The van der Waals surface area contributed by atoms with Gasteiger partial charge in [-0.1, -0.05) is 32.5 Å². The van der Waals surface area contributed by atoms with E-state index in [9.17, 15) is 13.2 Å². The number of nitrogens with zero attached hydrogens (tertiary/aromatic N) is 1. The molecule has 0 saturated carbocycles. The fourth-order valence-corrected chi connectivity index (χ4v) is 2.15. The Kier molecular flexibility index (Phi) is 5.95. The molecule has 21 heavy (non-hydrogen) atoms. The van der Waals surface area contributed by atoms with Gasteiger partial charge in [-0.05, 0) is 31.4 Å². The molecule has 7 heteroatoms. The molecule has 3 N–H and O–H groups in total. The van der Waals surface area contributed by atoms with Crippen molar-refractivity contribution in [1.29, 1.82) is 0 Å². The average Bonchev–Trinajstić information content (AvgIpc) is 2.36. The Morgan fingerprint density at radius 3 is 2.48 bits per heavy atom. The van der Waals surface area contributed by atoms with Crippen molar-refractivity contribution in [2.45, 2.75) is 45.8 Å². The molecule has 0 saturated heterocycles. The highest BCUT2D eigenvalue weighted by atomic mass is 32.1. The predicted octanol–water partition coefficient (Wildman–Crippen LogP) is 3.97. The van der Waals surface area contributed by atoms with E-state index >= 15 is 0 Å². The summed E-state index contributed by atoms with van der Waals surface area (Å²) in [5.41, 5.74) is 4.92. The zero-order valence-corrected chi connectivity index (χ0v) is 13.1. The second-order valence-electron chi connectivity index (χ2n) is 5.25. The first-order chi connectivity index (χ1) is 9.65. The van der Waals surface area contributed by atoms with Crippen LogP contribution in [0.15, 0.2) is 12.1 Å². The maximum Gasteiger partial charge on any atom is 0.433 e. The second-order valence-corrected chi connectivity index (χ2v) is 5.69. The lowest BCUT2D eigenvalue weighted by molar-refractivity contribution is -0.141. The van der Waals surface area contributed by atoms with Crippen LogP contribution >= 0.6 is 12.2 Å². The standard InChI is InChI=1S/C14H20F3N3S/c1-4-8(2)7-9(3)19-13-10(12(18)21)5-6-11(20-13)14(15,16)17/h5-6,8-9H,4,7H2,1-3H3,(H2,18,21)(H,19,20). The van der Waals surface area contributed by atoms with Gasteiger partial charge in [0.25, 0.3) is 0 Å². The molecule has 0 aliphatic carbocycles. The number of halogens is 3. The van der Waals surface area contributed by atoms with Gasteiger partial charge in [0.15, 0.2) is 0 Å². The van der Waals surface area contributed by atoms with Gasteiger partial charge >= 0.3 is 6.18 Å². The largest absolute Gasteiger partial charge is 0.433 e. The van der Waals surface area contributed by atoms with Gasteiger partial charge in [0, 0.05) is 6.04 Å². The Hall–Kier alpha value is -1.37. The molecule has 2 atom stereocenters. The number of thiocarbonyl (C=S) groups is 1. The van der Waals surface area contributed by atoms with E-state index in [1.807, 2.05) is 6.92 Å². The molecule has 0 aliphatic rings. The molecule has 0 spiro atoms. The van der Waals surface area contributed by atoms with Crippen molar-refractivity contribution in [1.82, 2.24) is 4.98 Å². The molecule has 1 heterocycles. The molecule has 2 unspecified atom stereocenters. The summed E-state index contributed by atoms with van der Waals surface area (Å²) < 4.78 is 38.2. The molecule has 3 nitrogen and oxygen atoms in total. The molecule has 1 rings (SSSR count). The predicted molar refractivity (Wildman–Crippen MR) is 82.3 cm³/mol. The van der Waals surface area contributed by atoms with Gasteiger partial charge in [-0.3, -0.25) is 0 Å². The van der Waals surface area contributed by atoms with E-state index < -0.39 is 11.9 Å². The zero-order valence-electron chi connectivity index (χ0n) is 12.3. The number of pyridine rings is 1. The van der Waals surface area contributed by atoms with Gasteiger partial charge in [-0.25, -0.2) is 4.98 Å². The van der Waals surface area contributed by atoms with Gasteiger partial charge in [-0.15, -0.1) is 0 Å². The Labute approximate surface area is 128 Å². The lowest BCUT2D eigenvalue weighted by Crippen LogP contribution is -2.23. The number of hydrogen-bond donors (Lipinski definition) is 2. The van der Waals surface area contributed by atoms with Crippen molar-refractivity contribution in [3.63, 3.8) is 0 Å². The summed E-state index contributed by atoms with van der Waals surface area (Å²) in [4.78, 5) is 3.66. The highest BCUT2D eigenvalue weighted by molar-refractivity contribution is 7.80. The van der Waals surface area contributed by atoms with Crippen molar-refractivity contribution < 1.29 is 13.2 Å². The van der Waals surface area contributed by atoms with Crippen LogP contribution in [0.25, 0.3) is 0 Å². The lowest BCUT2D eigenvalue weighted by atomic mass is 10.0. The number of nitrogens with one attached hydrogen (secondary N) is 1. The highest BCUT2D eigenvalue weighted by Crippen LogP contribution is 2.30. The second kappa shape index (κ2) is 7.06. The van der Waals surface area contributed by atoms with E-state index in [0.717, 1.165) is 18.9 Å². The van der Waals surface area contributed by atoms with Gasteiger partial charge in [-0.2, -0.15) is 13.2 Å². The third-order valence-corrected chi connectivity index (χ3v) is 3.51. The van der Waals surface area contributed by atoms with Crippen LogP contribution < -0.4 is 11.1 Å². The smallest absolute Gasteiger partial charge is 0.389 e. The van der Waals surface area contributed by atoms with E-state index in [0.29, 0.717) is 11.5 Å². The van der Waals surface area contributed by atoms with Gasteiger partial charge < -0.3 is 11.1 Å². The molecule has 1 aromatic rings. The van der Waals surface area contributed by atoms with Crippen LogP contribution in [0.2, 0.25) is 0 Å². The van der Waals surface area contributed by atoms with Crippen LogP contribution in [-0.2, 0) is 6.18 Å². The van der Waals surface area contributed by atoms with E-state index in [2.05, 4.69) is 24.1 Å². The minimum atomic E-state index is -4.49. The van der Waals surface area contributed by atoms with E-state index in [-0.39, 0.29) is 16.8 Å². The zero-order chi connectivity index (χ0) is 16.2. The molecule has 0 radical (unpaired) electrons. The number of aromatic nitrogens is 1. The summed E-state index contributed by atoms with van der Waals surface area (Å²) in [5.74, 6) is 0.555. The van der Waals surface area contributed by atoms with Gasteiger partial charge in [0.05, 0.1) is 5.56 Å². The minimum Gasteiger partial charge on any atom is -0.389 e. The third-order valence-electron chi connectivity index (χ3n) is 3.29. The summed E-state index contributed by atoms with van der Waals surface area (Å²) in [6.07, 6.45) is -2.67. The maximum atomic E-state index is 12.7. The maximum absolute atomic E-state index is 12.7. The molecule has 0 bridgehead atoms. The summed E-state index contributed by atoms with van der Waals surface area (Å²) in [6, 6.07) is 2.12. The van der Waals surface area contributed by atoms with Crippen LogP contribution in [0.5, 0.6) is 0 Å². The fraction of sp³-hybridized carbons (Fsp3) is 0.571. The highest BCUT2D eigenvalue weighted by Gasteiger charge is 2.33. The number of anilines is 1. The summed E-state index contributed by atoms with van der Waals surface area (Å²) in [5, 5.41) is 2.99. The Morgan fingerprint density at radius 1 is 1.38 bits per heavy atom. The normalized spacial score (nSPS) is 14.6. The van der Waals surface area contributed by atoms with E-state index in [4.69, 9.17) is 18.0 Å². The molecule has 0 amide bonds. The molecule has 1 aromatic heterocycles. The molecular formula is C14H20F3N3S. The van der Waals surface area contributed by atoms with Crippen molar-refractivity contribution in [2.24, 2.45) is 11.7 Å². The van der Waals surface area contributed by atoms with Gasteiger partial charge in [0.1, 0.15) is 16.5 Å². The first kappa shape index (κ1) is 17.7.